The predicted octanol–water partition coefficient (Wildman–Crippen LogP) is 3.84. The summed E-state index contributed by atoms with van der Waals surface area (Å²) in [5.74, 6) is -1.56. The number of aromatic nitrogens is 2. The molecular formula is C24H26FN3O4. The van der Waals surface area contributed by atoms with Crippen LogP contribution in [0.3, 0.4) is 0 Å². The van der Waals surface area contributed by atoms with Crippen molar-refractivity contribution in [2.24, 2.45) is 0 Å². The first-order valence-electron chi connectivity index (χ1n) is 10.6. The van der Waals surface area contributed by atoms with Gasteiger partial charge >= 0.3 is 5.97 Å². The number of benzene rings is 2. The van der Waals surface area contributed by atoms with Crippen LogP contribution in [0.15, 0.2) is 53.3 Å². The summed E-state index contributed by atoms with van der Waals surface area (Å²) < 4.78 is 19.9. The van der Waals surface area contributed by atoms with Gasteiger partial charge in [-0.15, -0.1) is 0 Å². The Morgan fingerprint density at radius 1 is 1.16 bits per heavy atom. The Morgan fingerprint density at radius 2 is 1.88 bits per heavy atom. The van der Waals surface area contributed by atoms with Gasteiger partial charge in [-0.3, -0.25) is 14.4 Å². The highest BCUT2D eigenvalue weighted by Crippen LogP contribution is 2.13. The van der Waals surface area contributed by atoms with E-state index in [1.807, 2.05) is 24.3 Å². The van der Waals surface area contributed by atoms with E-state index in [-0.39, 0.29) is 18.4 Å². The average molecular weight is 439 g/mol. The number of carbonyl (C=O) groups excluding carboxylic acids is 2. The van der Waals surface area contributed by atoms with Crippen LogP contribution in [-0.4, -0.2) is 27.5 Å². The van der Waals surface area contributed by atoms with Gasteiger partial charge in [0, 0.05) is 18.7 Å². The molecule has 0 spiro atoms. The van der Waals surface area contributed by atoms with Crippen molar-refractivity contribution in [3.8, 4) is 0 Å². The number of halogens is 1. The first-order chi connectivity index (χ1) is 15.4. The van der Waals surface area contributed by atoms with Crippen LogP contribution in [0.1, 0.15) is 38.8 Å². The number of amides is 1. The first-order valence-corrected chi connectivity index (χ1v) is 10.6. The third-order valence-corrected chi connectivity index (χ3v) is 5.01. The van der Waals surface area contributed by atoms with Gasteiger partial charge in [-0.2, -0.15) is 0 Å². The molecule has 1 N–H and O–H groups in total. The summed E-state index contributed by atoms with van der Waals surface area (Å²) in [5.41, 5.74) is 1.93. The third-order valence-electron chi connectivity index (χ3n) is 5.01. The lowest BCUT2D eigenvalue weighted by Crippen LogP contribution is -2.30. The highest BCUT2D eigenvalue weighted by Gasteiger charge is 2.19. The van der Waals surface area contributed by atoms with Gasteiger partial charge in [0.15, 0.2) is 6.10 Å². The fourth-order valence-electron chi connectivity index (χ4n) is 3.25. The lowest BCUT2D eigenvalue weighted by Gasteiger charge is -2.14. The fraction of sp³-hybridized carbons (Fsp3) is 0.333. The molecule has 0 aliphatic heterocycles. The third kappa shape index (κ3) is 5.78. The lowest BCUT2D eigenvalue weighted by atomic mass is 10.2. The molecule has 0 fully saturated rings. The zero-order valence-corrected chi connectivity index (χ0v) is 18.1. The van der Waals surface area contributed by atoms with Gasteiger partial charge in [-0.25, -0.2) is 9.37 Å². The maximum Gasteiger partial charge on any atom is 0.306 e. The summed E-state index contributed by atoms with van der Waals surface area (Å²) in [5, 5.41) is 2.56. The summed E-state index contributed by atoms with van der Waals surface area (Å²) in [7, 11) is 0. The topological polar surface area (TPSA) is 90.3 Å². The minimum Gasteiger partial charge on any atom is -0.453 e. The number of aryl methyl sites for hydroxylation is 2. The van der Waals surface area contributed by atoms with Crippen molar-refractivity contribution in [3.05, 3.63) is 70.4 Å². The van der Waals surface area contributed by atoms with E-state index in [4.69, 9.17) is 4.74 Å². The Balaban J connectivity index is 1.63. The molecule has 0 aliphatic rings. The largest absolute Gasteiger partial charge is 0.453 e. The van der Waals surface area contributed by atoms with Crippen molar-refractivity contribution >= 4 is 28.6 Å². The van der Waals surface area contributed by atoms with Gasteiger partial charge in [-0.05, 0) is 49.7 Å². The minimum absolute atomic E-state index is 0.0808. The van der Waals surface area contributed by atoms with Crippen molar-refractivity contribution < 1.29 is 18.7 Å². The highest BCUT2D eigenvalue weighted by molar-refractivity contribution is 5.95. The minimum atomic E-state index is -1.04. The van der Waals surface area contributed by atoms with E-state index in [1.165, 1.54) is 31.2 Å². The SMILES string of the molecule is CCCCn1c(=O)c(CCC(=O)OC(C)C(=O)Nc2ccc(F)cc2)nc2ccccc21. The van der Waals surface area contributed by atoms with E-state index in [9.17, 15) is 18.8 Å². The van der Waals surface area contributed by atoms with Crippen LogP contribution >= 0.6 is 0 Å². The number of ether oxygens (including phenoxy) is 1. The van der Waals surface area contributed by atoms with Gasteiger partial charge in [0.2, 0.25) is 0 Å². The standard InChI is InChI=1S/C24H26FN3O4/c1-3-4-15-28-21-8-6-5-7-19(21)27-20(24(28)31)13-14-22(29)32-16(2)23(30)26-18-11-9-17(25)10-12-18/h5-12,16H,3-4,13-15H2,1-2H3,(H,26,30). The molecule has 1 aromatic heterocycles. The van der Waals surface area contributed by atoms with Gasteiger partial charge in [0.1, 0.15) is 11.5 Å². The molecule has 1 heterocycles. The molecule has 7 nitrogen and oxygen atoms in total. The van der Waals surface area contributed by atoms with Crippen molar-refractivity contribution in [1.82, 2.24) is 9.55 Å². The Bertz CT molecular complexity index is 1160. The van der Waals surface area contributed by atoms with Crippen LogP contribution in [-0.2, 0) is 27.3 Å². The molecule has 8 heteroatoms. The zero-order valence-electron chi connectivity index (χ0n) is 18.1. The molecule has 0 radical (unpaired) electrons. The molecule has 3 rings (SSSR count). The number of hydrogen-bond acceptors (Lipinski definition) is 5. The van der Waals surface area contributed by atoms with Crippen LogP contribution in [0.2, 0.25) is 0 Å². The van der Waals surface area contributed by atoms with E-state index in [1.54, 1.807) is 4.57 Å². The molecule has 168 valence electrons. The number of carbonyl (C=O) groups is 2. The summed E-state index contributed by atoms with van der Waals surface area (Å²) in [6.07, 6.45) is 0.792. The Kier molecular flexibility index (Phi) is 7.70. The normalized spacial score (nSPS) is 11.8. The molecule has 1 unspecified atom stereocenters. The van der Waals surface area contributed by atoms with Gasteiger partial charge in [-0.1, -0.05) is 25.5 Å². The van der Waals surface area contributed by atoms with Crippen LogP contribution in [0, 0.1) is 5.82 Å². The van der Waals surface area contributed by atoms with Gasteiger partial charge < -0.3 is 14.6 Å². The van der Waals surface area contributed by atoms with Gasteiger partial charge in [0.25, 0.3) is 11.5 Å². The second-order valence-electron chi connectivity index (χ2n) is 7.49. The number of nitrogens with one attached hydrogen (secondary N) is 1. The van der Waals surface area contributed by atoms with E-state index >= 15 is 0 Å². The molecular weight excluding hydrogens is 413 g/mol. The molecule has 2 aromatic carbocycles. The molecule has 0 bridgehead atoms. The van der Waals surface area contributed by atoms with Crippen LogP contribution in [0.25, 0.3) is 11.0 Å². The Morgan fingerprint density at radius 3 is 2.59 bits per heavy atom. The number of rotatable bonds is 9. The molecule has 3 aromatic rings. The van der Waals surface area contributed by atoms with Crippen LogP contribution in [0.4, 0.5) is 10.1 Å². The second-order valence-corrected chi connectivity index (χ2v) is 7.49. The summed E-state index contributed by atoms with van der Waals surface area (Å²) in [4.78, 5) is 41.8. The molecule has 0 saturated heterocycles. The number of unbranched alkanes of at least 4 members (excludes halogenated alkanes) is 1. The van der Waals surface area contributed by atoms with Crippen molar-refractivity contribution in [2.45, 2.75) is 52.2 Å². The number of hydrogen-bond donors (Lipinski definition) is 1. The fourth-order valence-corrected chi connectivity index (χ4v) is 3.25. The predicted molar refractivity (Wildman–Crippen MR) is 120 cm³/mol. The van der Waals surface area contributed by atoms with Crippen molar-refractivity contribution in [2.75, 3.05) is 5.32 Å². The highest BCUT2D eigenvalue weighted by atomic mass is 19.1. The number of para-hydroxylation sites is 2. The van der Waals surface area contributed by atoms with E-state index in [0.717, 1.165) is 18.4 Å². The average Bonchev–Trinajstić information content (AvgIpc) is 2.78. The molecule has 1 atom stereocenters. The molecule has 32 heavy (non-hydrogen) atoms. The van der Waals surface area contributed by atoms with E-state index in [2.05, 4.69) is 17.2 Å². The number of fused-ring (bicyclic) bond motifs is 1. The molecule has 0 saturated carbocycles. The van der Waals surface area contributed by atoms with Gasteiger partial charge in [0.05, 0.1) is 17.5 Å². The van der Waals surface area contributed by atoms with E-state index in [0.29, 0.717) is 23.4 Å². The van der Waals surface area contributed by atoms with Crippen LogP contribution < -0.4 is 10.9 Å². The number of anilines is 1. The molecule has 0 aliphatic carbocycles. The lowest BCUT2D eigenvalue weighted by molar-refractivity contribution is -0.153. The number of nitrogens with zero attached hydrogens (tertiary/aromatic N) is 2. The first kappa shape index (κ1) is 23.1. The Labute approximate surface area is 185 Å². The Hall–Kier alpha value is -3.55. The quantitative estimate of drug-likeness (QED) is 0.512. The van der Waals surface area contributed by atoms with Crippen molar-refractivity contribution in [3.63, 3.8) is 0 Å². The second kappa shape index (κ2) is 10.7. The maximum absolute atomic E-state index is 13.0. The summed E-state index contributed by atoms with van der Waals surface area (Å²) in [6, 6.07) is 12.7. The number of esters is 1. The van der Waals surface area contributed by atoms with E-state index < -0.39 is 23.8 Å². The smallest absolute Gasteiger partial charge is 0.306 e. The molecule has 1 amide bonds. The summed E-state index contributed by atoms with van der Waals surface area (Å²) >= 11 is 0. The zero-order chi connectivity index (χ0) is 23.1. The summed E-state index contributed by atoms with van der Waals surface area (Å²) in [6.45, 7) is 4.08. The monoisotopic (exact) mass is 439 g/mol. The van der Waals surface area contributed by atoms with Crippen molar-refractivity contribution in [1.29, 1.82) is 0 Å². The van der Waals surface area contributed by atoms with Crippen LogP contribution in [0.5, 0.6) is 0 Å². The maximum atomic E-state index is 13.0.